The lowest BCUT2D eigenvalue weighted by atomic mass is 10.2. The first-order chi connectivity index (χ1) is 9.92. The number of rotatable bonds is 5. The van der Waals surface area contributed by atoms with Gasteiger partial charge < -0.3 is 5.32 Å². The van der Waals surface area contributed by atoms with Gasteiger partial charge in [-0.15, -0.1) is 0 Å². The fourth-order valence-corrected chi connectivity index (χ4v) is 2.77. The Bertz CT molecular complexity index is 728. The molecule has 0 aliphatic heterocycles. The molecule has 2 N–H and O–H groups in total. The minimum Gasteiger partial charge on any atom is -0.380 e. The Morgan fingerprint density at radius 2 is 1.67 bits per heavy atom. The van der Waals surface area contributed by atoms with Crippen molar-refractivity contribution in [2.45, 2.75) is 11.4 Å². The molecule has 0 aromatic heterocycles. The van der Waals surface area contributed by atoms with Gasteiger partial charge in [0.2, 0.25) is 10.0 Å². The highest BCUT2D eigenvalue weighted by Gasteiger charge is 2.15. The molecule has 2 aromatic rings. The molecule has 0 unspecified atom stereocenters. The second-order valence-corrected chi connectivity index (χ2v) is 6.19. The van der Waals surface area contributed by atoms with Crippen LogP contribution in [-0.4, -0.2) is 15.5 Å². The molecule has 21 heavy (non-hydrogen) atoms. The van der Waals surface area contributed by atoms with E-state index in [1.165, 1.54) is 25.2 Å². The summed E-state index contributed by atoms with van der Waals surface area (Å²) in [5.41, 5.74) is 0.737. The lowest BCUT2D eigenvalue weighted by molar-refractivity contribution is 0.580. The molecule has 0 amide bonds. The van der Waals surface area contributed by atoms with Gasteiger partial charge in [0.1, 0.15) is 16.5 Å². The Hall–Kier alpha value is -1.99. The monoisotopic (exact) mass is 312 g/mol. The fourth-order valence-electron chi connectivity index (χ4n) is 1.87. The number of para-hydroxylation sites is 1. The number of halogens is 2. The fraction of sp³-hybridized carbons (Fsp3) is 0.143. The molecule has 0 atom stereocenters. The van der Waals surface area contributed by atoms with Crippen LogP contribution in [0.3, 0.4) is 0 Å². The van der Waals surface area contributed by atoms with Crippen molar-refractivity contribution in [1.29, 1.82) is 0 Å². The third kappa shape index (κ3) is 3.77. The van der Waals surface area contributed by atoms with Crippen molar-refractivity contribution >= 4 is 15.7 Å². The van der Waals surface area contributed by atoms with Crippen molar-refractivity contribution < 1.29 is 17.2 Å². The van der Waals surface area contributed by atoms with Gasteiger partial charge in [0.15, 0.2) is 0 Å². The Morgan fingerprint density at radius 1 is 1.05 bits per heavy atom. The molecule has 4 nitrogen and oxygen atoms in total. The molecule has 0 saturated carbocycles. The third-order valence-electron chi connectivity index (χ3n) is 2.85. The molecule has 0 spiro atoms. The van der Waals surface area contributed by atoms with E-state index in [1.54, 1.807) is 18.2 Å². The molecule has 2 aromatic carbocycles. The van der Waals surface area contributed by atoms with Gasteiger partial charge in [0.05, 0.1) is 5.69 Å². The zero-order valence-corrected chi connectivity index (χ0v) is 12.0. The van der Waals surface area contributed by atoms with Crippen LogP contribution in [0.2, 0.25) is 0 Å². The highest BCUT2D eigenvalue weighted by atomic mass is 32.2. The first-order valence-electron chi connectivity index (χ1n) is 6.14. The summed E-state index contributed by atoms with van der Waals surface area (Å²) < 4.78 is 52.2. The Kier molecular flexibility index (Phi) is 4.54. The quantitative estimate of drug-likeness (QED) is 0.892. The number of anilines is 1. The van der Waals surface area contributed by atoms with Crippen LogP contribution in [0.1, 0.15) is 5.56 Å². The minimum atomic E-state index is -3.61. The summed E-state index contributed by atoms with van der Waals surface area (Å²) >= 11 is 0. The average Bonchev–Trinajstić information content (AvgIpc) is 2.44. The Labute approximate surface area is 121 Å². The van der Waals surface area contributed by atoms with Gasteiger partial charge in [0.25, 0.3) is 0 Å². The molecule has 0 aliphatic carbocycles. The summed E-state index contributed by atoms with van der Waals surface area (Å²) in [4.78, 5) is 0.0735. The SMILES string of the molecule is CNS(=O)(=O)c1ccccc1NCc1cc(F)cc(F)c1. The van der Waals surface area contributed by atoms with E-state index in [1.807, 2.05) is 0 Å². The van der Waals surface area contributed by atoms with Crippen LogP contribution in [0.25, 0.3) is 0 Å². The van der Waals surface area contributed by atoms with Gasteiger partial charge in [-0.25, -0.2) is 21.9 Å². The summed E-state index contributed by atoms with van der Waals surface area (Å²) in [6.45, 7) is 0.102. The largest absolute Gasteiger partial charge is 0.380 e. The molecule has 0 saturated heterocycles. The molecule has 7 heteroatoms. The van der Waals surface area contributed by atoms with Crippen molar-refractivity contribution in [2.24, 2.45) is 0 Å². The van der Waals surface area contributed by atoms with Crippen LogP contribution in [0.5, 0.6) is 0 Å². The van der Waals surface area contributed by atoms with Crippen molar-refractivity contribution in [1.82, 2.24) is 4.72 Å². The van der Waals surface area contributed by atoms with Gasteiger partial charge in [0, 0.05) is 12.6 Å². The molecule has 2 rings (SSSR count). The second kappa shape index (κ2) is 6.19. The van der Waals surface area contributed by atoms with E-state index in [9.17, 15) is 17.2 Å². The van der Waals surface area contributed by atoms with E-state index in [4.69, 9.17) is 0 Å². The third-order valence-corrected chi connectivity index (χ3v) is 4.32. The average molecular weight is 312 g/mol. The zero-order chi connectivity index (χ0) is 15.5. The van der Waals surface area contributed by atoms with Gasteiger partial charge in [-0.2, -0.15) is 0 Å². The van der Waals surface area contributed by atoms with Gasteiger partial charge in [-0.3, -0.25) is 0 Å². The first-order valence-corrected chi connectivity index (χ1v) is 7.62. The smallest absolute Gasteiger partial charge is 0.242 e. The zero-order valence-electron chi connectivity index (χ0n) is 11.2. The standard InChI is InChI=1S/C14H14F2N2O2S/c1-17-21(19,20)14-5-3-2-4-13(14)18-9-10-6-11(15)8-12(16)7-10/h2-8,17-18H,9H2,1H3. The number of nitrogens with one attached hydrogen (secondary N) is 2. The predicted octanol–water partition coefficient (Wildman–Crippen LogP) is 2.49. The summed E-state index contributed by atoms with van der Waals surface area (Å²) in [6.07, 6.45) is 0. The van der Waals surface area contributed by atoms with E-state index in [-0.39, 0.29) is 11.4 Å². The van der Waals surface area contributed by atoms with Crippen LogP contribution in [0.4, 0.5) is 14.5 Å². The summed E-state index contributed by atoms with van der Waals surface area (Å²) in [7, 11) is -2.30. The summed E-state index contributed by atoms with van der Waals surface area (Å²) in [6, 6.07) is 9.44. The molecule has 0 aliphatic rings. The number of hydrogen-bond donors (Lipinski definition) is 2. The van der Waals surface area contributed by atoms with Crippen molar-refractivity contribution in [3.05, 3.63) is 59.7 Å². The second-order valence-electron chi connectivity index (χ2n) is 4.33. The summed E-state index contributed by atoms with van der Waals surface area (Å²) in [5.74, 6) is -1.36. The van der Waals surface area contributed by atoms with E-state index in [0.717, 1.165) is 6.07 Å². The molecular formula is C14H14F2N2O2S. The maximum Gasteiger partial charge on any atom is 0.242 e. The van der Waals surface area contributed by atoms with Gasteiger partial charge >= 0.3 is 0 Å². The Balaban J connectivity index is 2.25. The van der Waals surface area contributed by atoms with E-state index >= 15 is 0 Å². The highest BCUT2D eigenvalue weighted by Crippen LogP contribution is 2.21. The lowest BCUT2D eigenvalue weighted by Gasteiger charge is -2.12. The van der Waals surface area contributed by atoms with Crippen LogP contribution < -0.4 is 10.0 Å². The van der Waals surface area contributed by atoms with E-state index in [0.29, 0.717) is 11.3 Å². The van der Waals surface area contributed by atoms with Crippen molar-refractivity contribution in [3.63, 3.8) is 0 Å². The number of hydrogen-bond acceptors (Lipinski definition) is 3. The van der Waals surface area contributed by atoms with Crippen LogP contribution in [-0.2, 0) is 16.6 Å². The maximum absolute atomic E-state index is 13.1. The minimum absolute atomic E-state index is 0.0735. The van der Waals surface area contributed by atoms with Crippen LogP contribution in [0.15, 0.2) is 47.4 Å². The van der Waals surface area contributed by atoms with Crippen LogP contribution >= 0.6 is 0 Å². The van der Waals surface area contributed by atoms with Crippen molar-refractivity contribution in [2.75, 3.05) is 12.4 Å². The molecule has 0 radical (unpaired) electrons. The maximum atomic E-state index is 13.1. The molecule has 0 bridgehead atoms. The Morgan fingerprint density at radius 3 is 2.29 bits per heavy atom. The topological polar surface area (TPSA) is 58.2 Å². The predicted molar refractivity (Wildman–Crippen MR) is 76.4 cm³/mol. The van der Waals surface area contributed by atoms with Crippen LogP contribution in [0, 0.1) is 11.6 Å². The lowest BCUT2D eigenvalue weighted by Crippen LogP contribution is -2.20. The highest BCUT2D eigenvalue weighted by molar-refractivity contribution is 7.89. The van der Waals surface area contributed by atoms with Gasteiger partial charge in [-0.05, 0) is 36.9 Å². The first kappa shape index (κ1) is 15.4. The van der Waals surface area contributed by atoms with Crippen molar-refractivity contribution in [3.8, 4) is 0 Å². The number of sulfonamides is 1. The molecule has 0 fully saturated rings. The van der Waals surface area contributed by atoms with E-state index in [2.05, 4.69) is 10.0 Å². The van der Waals surface area contributed by atoms with E-state index < -0.39 is 21.7 Å². The molecule has 112 valence electrons. The number of benzene rings is 2. The molecular weight excluding hydrogens is 298 g/mol. The van der Waals surface area contributed by atoms with Gasteiger partial charge in [-0.1, -0.05) is 12.1 Å². The molecule has 0 heterocycles. The summed E-state index contributed by atoms with van der Waals surface area (Å²) in [5, 5.41) is 2.87. The normalized spacial score (nSPS) is 11.4.